The number of nitrogens with one attached hydrogen (secondary N) is 3. The number of rotatable bonds is 7. The lowest BCUT2D eigenvalue weighted by molar-refractivity contribution is -0.138. The first-order chi connectivity index (χ1) is 20.2. The number of aliphatic hydroxyl groups excluding tert-OH is 1. The number of hydrogen-bond donors (Lipinski definition) is 4. The second-order valence-electron chi connectivity index (χ2n) is 12.0. The predicted molar refractivity (Wildman–Crippen MR) is 157 cm³/mol. The van der Waals surface area contributed by atoms with Gasteiger partial charge in [-0.1, -0.05) is 44.1 Å². The van der Waals surface area contributed by atoms with Crippen molar-refractivity contribution in [2.75, 3.05) is 25.5 Å². The smallest absolute Gasteiger partial charge is 0.242 e. The fourth-order valence-corrected chi connectivity index (χ4v) is 7.18. The zero-order chi connectivity index (χ0) is 29.9. The third-order valence-electron chi connectivity index (χ3n) is 9.11. The number of halogens is 2. The first kappa shape index (κ1) is 30.1. The molecule has 0 aromatic carbocycles. The van der Waals surface area contributed by atoms with Gasteiger partial charge in [-0.3, -0.25) is 9.59 Å². The maximum atomic E-state index is 13.2. The van der Waals surface area contributed by atoms with E-state index < -0.39 is 29.2 Å². The molecular weight excluding hydrogens is 540 g/mol. The number of hydrogen-bond acceptors (Lipinski definition) is 6. The van der Waals surface area contributed by atoms with Gasteiger partial charge in [-0.2, -0.15) is 0 Å². The van der Waals surface area contributed by atoms with Gasteiger partial charge in [0.25, 0.3) is 0 Å². The molecule has 1 aromatic rings. The Labute approximate surface area is 246 Å². The quantitative estimate of drug-likeness (QED) is 0.360. The van der Waals surface area contributed by atoms with Crippen molar-refractivity contribution < 1.29 is 23.5 Å². The Morgan fingerprint density at radius 2 is 2.00 bits per heavy atom. The molecule has 2 fully saturated rings. The minimum atomic E-state index is -1.11. The van der Waals surface area contributed by atoms with Gasteiger partial charge < -0.3 is 26.0 Å². The monoisotopic (exact) mass is 581 g/mol. The Kier molecular flexibility index (Phi) is 8.94. The molecule has 2 heterocycles. The number of amides is 2. The summed E-state index contributed by atoms with van der Waals surface area (Å²) in [6.07, 6.45) is 15.3. The molecule has 1 spiro atoms. The van der Waals surface area contributed by atoms with E-state index in [1.54, 1.807) is 18.1 Å². The van der Waals surface area contributed by atoms with Crippen LogP contribution in [0, 0.1) is 11.8 Å². The minimum Gasteiger partial charge on any atom is -0.372 e. The highest BCUT2D eigenvalue weighted by atomic mass is 19.1. The zero-order valence-electron chi connectivity index (χ0n) is 24.3. The third-order valence-corrected chi connectivity index (χ3v) is 9.11. The topological polar surface area (TPSA) is 107 Å². The van der Waals surface area contributed by atoms with Gasteiger partial charge in [0.2, 0.25) is 11.8 Å². The first-order valence-corrected chi connectivity index (χ1v) is 15.0. The third kappa shape index (κ3) is 6.06. The molecule has 4 unspecified atom stereocenters. The summed E-state index contributed by atoms with van der Waals surface area (Å²) < 4.78 is 24.0. The van der Waals surface area contributed by atoms with Crippen molar-refractivity contribution >= 4 is 17.6 Å². The molecule has 0 bridgehead atoms. The minimum absolute atomic E-state index is 0.0358. The Bertz CT molecular complexity index is 1300. The van der Waals surface area contributed by atoms with Gasteiger partial charge in [0, 0.05) is 30.9 Å². The van der Waals surface area contributed by atoms with Crippen LogP contribution in [0.15, 0.2) is 66.3 Å². The molecule has 1 aliphatic heterocycles. The number of nitrogens with zero attached hydrogens (tertiary/aromatic N) is 2. The van der Waals surface area contributed by atoms with Gasteiger partial charge in [-0.25, -0.2) is 13.8 Å². The van der Waals surface area contributed by atoms with E-state index in [2.05, 4.69) is 33.1 Å². The number of aliphatic hydroxyl groups is 1. The van der Waals surface area contributed by atoms with Crippen LogP contribution < -0.4 is 16.0 Å². The number of aromatic nitrogens is 1. The van der Waals surface area contributed by atoms with E-state index in [1.807, 2.05) is 25.1 Å². The van der Waals surface area contributed by atoms with E-state index in [0.29, 0.717) is 12.2 Å². The van der Waals surface area contributed by atoms with E-state index in [0.717, 1.165) is 62.4 Å². The molecule has 8 nitrogen and oxygen atoms in total. The maximum Gasteiger partial charge on any atom is 0.242 e. The molecule has 5 atom stereocenters. The summed E-state index contributed by atoms with van der Waals surface area (Å²) >= 11 is 0. The molecule has 0 radical (unpaired) electrons. The number of anilines is 1. The van der Waals surface area contributed by atoms with Gasteiger partial charge in [0.05, 0.1) is 17.5 Å². The highest BCUT2D eigenvalue weighted by Crippen LogP contribution is 2.54. The average Bonchev–Trinajstić information content (AvgIpc) is 3.65. The van der Waals surface area contributed by atoms with Crippen molar-refractivity contribution in [1.29, 1.82) is 0 Å². The lowest BCUT2D eigenvalue weighted by Gasteiger charge is -2.34. The van der Waals surface area contributed by atoms with Gasteiger partial charge in [0.15, 0.2) is 0 Å². The molecule has 226 valence electrons. The van der Waals surface area contributed by atoms with E-state index in [9.17, 15) is 23.5 Å². The number of alkyl halides is 1. The molecule has 2 saturated carbocycles. The molecule has 0 saturated heterocycles. The first-order valence-electron chi connectivity index (χ1n) is 15.0. The Balaban J connectivity index is 0.000000382. The van der Waals surface area contributed by atoms with Crippen LogP contribution in [0.2, 0.25) is 0 Å². The number of likely N-dealkylation sites (N-methyl/N-ethyl adjacent to an activating group) is 2. The molecule has 6 rings (SSSR count). The summed E-state index contributed by atoms with van der Waals surface area (Å²) in [5.74, 6) is 0.770. The molecule has 10 heteroatoms. The summed E-state index contributed by atoms with van der Waals surface area (Å²) in [7, 11) is 1.76. The molecule has 4 aliphatic carbocycles. The summed E-state index contributed by atoms with van der Waals surface area (Å²) in [6.45, 7) is 2.98. The summed E-state index contributed by atoms with van der Waals surface area (Å²) in [5.41, 5.74) is 0.791. The molecule has 2 amide bonds. The SMILES string of the molecule is CCNC1(C(=O)N(C)CC(O)NC2=CC3C[C@@]4(CC3C=C2)C(=O)Nc2ncccc24)CCCC1.FC1=CC(F)CC=C1. The van der Waals surface area contributed by atoms with E-state index in [1.165, 1.54) is 12.2 Å². The van der Waals surface area contributed by atoms with Crippen molar-refractivity contribution in [1.82, 2.24) is 20.5 Å². The predicted octanol–water partition coefficient (Wildman–Crippen LogP) is 4.18. The van der Waals surface area contributed by atoms with Crippen molar-refractivity contribution in [3.05, 3.63) is 71.9 Å². The van der Waals surface area contributed by atoms with Gasteiger partial charge in [-0.05, 0) is 68.4 Å². The number of carbonyl (C=O) groups excluding carboxylic acids is 2. The normalized spacial score (nSPS) is 29.1. The van der Waals surface area contributed by atoms with Crippen molar-refractivity contribution in [3.63, 3.8) is 0 Å². The Hall–Kier alpha value is -3.37. The molecule has 4 N–H and O–H groups in total. The number of pyridine rings is 1. The van der Waals surface area contributed by atoms with Crippen molar-refractivity contribution in [2.45, 2.75) is 75.2 Å². The zero-order valence-corrected chi connectivity index (χ0v) is 24.3. The molecule has 5 aliphatic rings. The maximum absolute atomic E-state index is 13.2. The van der Waals surface area contributed by atoms with E-state index in [4.69, 9.17) is 0 Å². The van der Waals surface area contributed by atoms with Crippen LogP contribution in [0.25, 0.3) is 0 Å². The molecule has 42 heavy (non-hydrogen) atoms. The van der Waals surface area contributed by atoms with Gasteiger partial charge in [0.1, 0.15) is 24.0 Å². The lowest BCUT2D eigenvalue weighted by Crippen LogP contribution is -2.57. The van der Waals surface area contributed by atoms with E-state index in [-0.39, 0.29) is 30.2 Å². The summed E-state index contributed by atoms with van der Waals surface area (Å²) in [4.78, 5) is 32.1. The fourth-order valence-electron chi connectivity index (χ4n) is 7.18. The van der Waals surface area contributed by atoms with Crippen LogP contribution in [0.4, 0.5) is 14.6 Å². The van der Waals surface area contributed by atoms with Gasteiger partial charge in [-0.15, -0.1) is 0 Å². The standard InChI is InChI=1S/C26H35N5O3.C6H6F2/c1-3-28-26(10-4-5-11-26)24(34)31(2)16-21(32)29-19-9-8-17-14-25(15-18(17)13-19)20-7-6-12-27-22(20)30-23(25)33;7-5-2-1-3-6(8)4-5/h6-9,12-13,17-18,21,28-29,32H,3-5,10-11,14-16H2,1-2H3,(H,27,30,33);1-2,4,6H,3H2/t17?,18?,21?,25-;/m1./s1. The number of allylic oxidation sites excluding steroid dienone is 7. The van der Waals surface area contributed by atoms with Crippen LogP contribution in [0.3, 0.4) is 0 Å². The lowest BCUT2D eigenvalue weighted by atomic mass is 9.79. The highest BCUT2D eigenvalue weighted by molar-refractivity contribution is 6.05. The fraction of sp³-hybridized carbons (Fsp3) is 0.531. The van der Waals surface area contributed by atoms with Crippen LogP contribution in [0.1, 0.15) is 57.4 Å². The summed E-state index contributed by atoms with van der Waals surface area (Å²) in [5, 5.41) is 20.2. The van der Waals surface area contributed by atoms with Crippen molar-refractivity contribution in [2.24, 2.45) is 11.8 Å². The Morgan fingerprint density at radius 3 is 2.69 bits per heavy atom. The van der Waals surface area contributed by atoms with Gasteiger partial charge >= 0.3 is 0 Å². The number of fused-ring (bicyclic) bond motifs is 3. The second kappa shape index (κ2) is 12.5. The molecule has 1 aromatic heterocycles. The van der Waals surface area contributed by atoms with Crippen LogP contribution in [-0.4, -0.2) is 64.9 Å². The highest BCUT2D eigenvalue weighted by Gasteiger charge is 2.55. The number of carbonyl (C=O) groups is 2. The van der Waals surface area contributed by atoms with Crippen molar-refractivity contribution in [3.8, 4) is 0 Å². The molecular formula is C32H41F2N5O3. The van der Waals surface area contributed by atoms with E-state index >= 15 is 0 Å². The summed E-state index contributed by atoms with van der Waals surface area (Å²) in [6, 6.07) is 3.90. The largest absolute Gasteiger partial charge is 0.372 e. The van der Waals surface area contributed by atoms with Crippen LogP contribution in [-0.2, 0) is 15.0 Å². The van der Waals surface area contributed by atoms with Crippen LogP contribution >= 0.6 is 0 Å². The average molecular weight is 582 g/mol. The second-order valence-corrected chi connectivity index (χ2v) is 12.0. The Morgan fingerprint density at radius 1 is 1.24 bits per heavy atom. The van der Waals surface area contributed by atoms with Crippen LogP contribution in [0.5, 0.6) is 0 Å².